The van der Waals surface area contributed by atoms with Crippen LogP contribution in [0.3, 0.4) is 0 Å². The topological polar surface area (TPSA) is 35.5 Å². The van der Waals surface area contributed by atoms with Gasteiger partial charge in [-0.3, -0.25) is 4.79 Å². The van der Waals surface area contributed by atoms with E-state index in [0.29, 0.717) is 30.8 Å². The highest BCUT2D eigenvalue weighted by Gasteiger charge is 2.56. The van der Waals surface area contributed by atoms with Gasteiger partial charge in [-0.1, -0.05) is 38.5 Å². The maximum absolute atomic E-state index is 13.1. The molecular weight excluding hydrogens is 427 g/mol. The number of ether oxygens (including phenoxy) is 2. The summed E-state index contributed by atoms with van der Waals surface area (Å²) in [5.74, 6) is 2.58. The lowest BCUT2D eigenvalue weighted by molar-refractivity contribution is -0.157. The van der Waals surface area contributed by atoms with Crippen molar-refractivity contribution in [2.45, 2.75) is 90.3 Å². The second-order valence-corrected chi connectivity index (χ2v) is 10.9. The van der Waals surface area contributed by atoms with Gasteiger partial charge in [0.25, 0.3) is 0 Å². The van der Waals surface area contributed by atoms with Crippen LogP contribution < -0.4 is 4.74 Å². The quantitative estimate of drug-likeness (QED) is 0.402. The average molecular weight is 465 g/mol. The summed E-state index contributed by atoms with van der Waals surface area (Å²) >= 11 is 0. The molecule has 3 nitrogen and oxygen atoms in total. The molecular formula is C30H37FO3. The van der Waals surface area contributed by atoms with Gasteiger partial charge in [-0.25, -0.2) is 4.39 Å². The fraction of sp³-hybridized carbons (Fsp3) is 0.567. The minimum atomic E-state index is -0.223. The molecule has 3 aliphatic rings. The van der Waals surface area contributed by atoms with Gasteiger partial charge < -0.3 is 9.47 Å². The smallest absolute Gasteiger partial charge is 0.306 e. The van der Waals surface area contributed by atoms with Crippen LogP contribution in [0.4, 0.5) is 4.39 Å². The normalized spacial score (nSPS) is 29.6. The highest BCUT2D eigenvalue weighted by atomic mass is 19.1. The van der Waals surface area contributed by atoms with Crippen LogP contribution in [0.15, 0.2) is 42.5 Å². The molecule has 0 spiro atoms. The van der Waals surface area contributed by atoms with Crippen molar-refractivity contribution >= 4 is 5.97 Å². The van der Waals surface area contributed by atoms with Crippen molar-refractivity contribution in [1.82, 2.24) is 0 Å². The number of fused-ring (bicyclic) bond motifs is 5. The summed E-state index contributed by atoms with van der Waals surface area (Å²) in [5.41, 5.74) is 4.01. The molecule has 2 aromatic rings. The van der Waals surface area contributed by atoms with Crippen molar-refractivity contribution < 1.29 is 18.7 Å². The van der Waals surface area contributed by atoms with Crippen molar-refractivity contribution in [3.8, 4) is 5.75 Å². The van der Waals surface area contributed by atoms with E-state index in [2.05, 4.69) is 32.0 Å². The van der Waals surface area contributed by atoms with E-state index < -0.39 is 0 Å². The Hall–Kier alpha value is -2.36. The summed E-state index contributed by atoms with van der Waals surface area (Å²) in [7, 11) is 0. The zero-order valence-corrected chi connectivity index (χ0v) is 20.5. The summed E-state index contributed by atoms with van der Waals surface area (Å²) in [6, 6.07) is 13.1. The largest absolute Gasteiger partial charge is 0.489 e. The van der Waals surface area contributed by atoms with Crippen molar-refractivity contribution in [2.75, 3.05) is 0 Å². The molecule has 34 heavy (non-hydrogen) atoms. The number of unbranched alkanes of at least 4 members (excludes halogenated alkanes) is 1. The number of rotatable bonds is 7. The van der Waals surface area contributed by atoms with Crippen LogP contribution in [0.5, 0.6) is 5.75 Å². The number of esters is 1. The number of hydrogen-bond donors (Lipinski definition) is 0. The highest BCUT2D eigenvalue weighted by molar-refractivity contribution is 5.69. The summed E-state index contributed by atoms with van der Waals surface area (Å²) in [6.07, 6.45) is 9.38. The van der Waals surface area contributed by atoms with E-state index in [1.165, 1.54) is 42.5 Å². The van der Waals surface area contributed by atoms with Crippen LogP contribution in [0.25, 0.3) is 0 Å². The van der Waals surface area contributed by atoms with Gasteiger partial charge in [0.1, 0.15) is 24.3 Å². The summed E-state index contributed by atoms with van der Waals surface area (Å²) in [6.45, 7) is 4.95. The molecule has 2 aromatic carbocycles. The van der Waals surface area contributed by atoms with Crippen LogP contribution in [0, 0.1) is 23.1 Å². The molecule has 0 radical (unpaired) electrons. The number of hydrogen-bond acceptors (Lipinski definition) is 3. The molecule has 0 heterocycles. The van der Waals surface area contributed by atoms with Crippen LogP contribution in [-0.2, 0) is 22.6 Å². The highest BCUT2D eigenvalue weighted by Crippen LogP contribution is 2.61. The minimum absolute atomic E-state index is 0.00185. The van der Waals surface area contributed by atoms with Crippen LogP contribution in [0.2, 0.25) is 0 Å². The molecule has 0 aliphatic heterocycles. The van der Waals surface area contributed by atoms with E-state index in [1.54, 1.807) is 12.1 Å². The van der Waals surface area contributed by atoms with Gasteiger partial charge in [0.15, 0.2) is 0 Å². The Morgan fingerprint density at radius 2 is 1.91 bits per heavy atom. The molecule has 0 saturated heterocycles. The standard InChI is InChI=1S/C30H37FO3/c1-3-4-5-29(32)34-28-15-14-27-26-12-8-21-18-23(33-19-20-6-9-22(31)10-7-20)11-13-24(21)25(26)16-17-30(27,28)2/h6-7,9-11,13,18,25-28H,3-5,8,12,14-17,19H2,1-2H3/t25-,26+,27-,28-,30+/m1/s1. The molecule has 5 rings (SSSR count). The van der Waals surface area contributed by atoms with Gasteiger partial charge in [0, 0.05) is 11.8 Å². The Labute approximate surface area is 203 Å². The Morgan fingerprint density at radius 1 is 1.09 bits per heavy atom. The Bertz CT molecular complexity index is 1020. The Kier molecular flexibility index (Phi) is 6.68. The van der Waals surface area contributed by atoms with Crippen molar-refractivity contribution in [1.29, 1.82) is 0 Å². The van der Waals surface area contributed by atoms with E-state index >= 15 is 0 Å². The van der Waals surface area contributed by atoms with E-state index in [4.69, 9.17) is 9.47 Å². The fourth-order valence-electron chi connectivity index (χ4n) is 7.08. The van der Waals surface area contributed by atoms with Crippen molar-refractivity contribution in [3.05, 3.63) is 65.0 Å². The van der Waals surface area contributed by atoms with E-state index in [1.807, 2.05) is 0 Å². The first kappa shape index (κ1) is 23.4. The summed E-state index contributed by atoms with van der Waals surface area (Å²) in [4.78, 5) is 12.4. The van der Waals surface area contributed by atoms with E-state index in [0.717, 1.165) is 43.4 Å². The van der Waals surface area contributed by atoms with Gasteiger partial charge in [-0.15, -0.1) is 0 Å². The average Bonchev–Trinajstić information content (AvgIpc) is 3.18. The lowest BCUT2D eigenvalue weighted by Crippen LogP contribution is -2.45. The van der Waals surface area contributed by atoms with Gasteiger partial charge in [-0.05, 0) is 104 Å². The second-order valence-electron chi connectivity index (χ2n) is 10.9. The first-order chi connectivity index (χ1) is 16.5. The molecule has 0 unspecified atom stereocenters. The Balaban J connectivity index is 1.25. The predicted octanol–water partition coefficient (Wildman–Crippen LogP) is 7.36. The summed E-state index contributed by atoms with van der Waals surface area (Å²) < 4.78 is 25.2. The molecule has 2 saturated carbocycles. The van der Waals surface area contributed by atoms with Gasteiger partial charge >= 0.3 is 5.97 Å². The van der Waals surface area contributed by atoms with E-state index in [-0.39, 0.29) is 23.3 Å². The number of halogens is 1. The third kappa shape index (κ3) is 4.48. The van der Waals surface area contributed by atoms with Gasteiger partial charge in [-0.2, -0.15) is 0 Å². The van der Waals surface area contributed by atoms with Gasteiger partial charge in [0.2, 0.25) is 0 Å². The molecule has 5 atom stereocenters. The molecule has 0 amide bonds. The van der Waals surface area contributed by atoms with Crippen LogP contribution >= 0.6 is 0 Å². The van der Waals surface area contributed by atoms with Gasteiger partial charge in [0.05, 0.1) is 0 Å². The number of aryl methyl sites for hydroxylation is 1. The van der Waals surface area contributed by atoms with Crippen LogP contribution in [0.1, 0.15) is 87.8 Å². The molecule has 182 valence electrons. The molecule has 2 fully saturated rings. The lowest BCUT2D eigenvalue weighted by Gasteiger charge is -2.50. The maximum atomic E-state index is 13.1. The monoisotopic (exact) mass is 464 g/mol. The minimum Gasteiger partial charge on any atom is -0.489 e. The predicted molar refractivity (Wildman–Crippen MR) is 131 cm³/mol. The SMILES string of the molecule is CCCCC(=O)O[C@@H]1CC[C@@H]2[C@H]3CCc4cc(OCc5ccc(F)cc5)ccc4[C@H]3CC[C@@]21C. The number of carbonyl (C=O) groups excluding carboxylic acids is 1. The maximum Gasteiger partial charge on any atom is 0.306 e. The third-order valence-corrected chi connectivity index (χ3v) is 8.94. The lowest BCUT2D eigenvalue weighted by atomic mass is 9.55. The summed E-state index contributed by atoms with van der Waals surface area (Å²) in [5, 5.41) is 0. The molecule has 0 N–H and O–H groups in total. The zero-order chi connectivity index (χ0) is 23.7. The zero-order valence-electron chi connectivity index (χ0n) is 20.5. The number of carbonyl (C=O) groups is 1. The number of benzene rings is 2. The molecule has 3 aliphatic carbocycles. The molecule has 0 bridgehead atoms. The van der Waals surface area contributed by atoms with Crippen LogP contribution in [-0.4, -0.2) is 12.1 Å². The second kappa shape index (κ2) is 9.71. The molecule has 4 heteroatoms. The fourth-order valence-corrected chi connectivity index (χ4v) is 7.08. The first-order valence-electron chi connectivity index (χ1n) is 13.2. The first-order valence-corrected chi connectivity index (χ1v) is 13.2. The van der Waals surface area contributed by atoms with E-state index in [9.17, 15) is 9.18 Å². The van der Waals surface area contributed by atoms with Crippen molar-refractivity contribution in [3.63, 3.8) is 0 Å². The molecule has 0 aromatic heterocycles. The van der Waals surface area contributed by atoms with Crippen molar-refractivity contribution in [2.24, 2.45) is 17.3 Å². The third-order valence-electron chi connectivity index (χ3n) is 8.94. The Morgan fingerprint density at radius 3 is 2.71 bits per heavy atom.